The molecule has 0 radical (unpaired) electrons. The molecule has 0 spiro atoms. The average molecular weight is 303 g/mol. The van der Waals surface area contributed by atoms with Gasteiger partial charge in [0.25, 0.3) is 0 Å². The summed E-state index contributed by atoms with van der Waals surface area (Å²) in [6.07, 6.45) is 0.194. The Kier molecular flexibility index (Phi) is 4.58. The minimum absolute atomic E-state index is 0.226. The number of aliphatic hydroxyl groups is 1. The molecule has 0 aliphatic carbocycles. The molecule has 0 fully saturated rings. The highest BCUT2D eigenvalue weighted by molar-refractivity contribution is 7.99. The van der Waals surface area contributed by atoms with Gasteiger partial charge >= 0.3 is 0 Å². The molecule has 110 valence electrons. The van der Waals surface area contributed by atoms with E-state index >= 15 is 0 Å². The number of hydrogen-bond acceptors (Lipinski definition) is 3. The molecule has 0 bridgehead atoms. The minimum Gasteiger partial charge on any atom is -0.387 e. The van der Waals surface area contributed by atoms with E-state index in [1.54, 1.807) is 18.2 Å². The number of aliphatic hydroxyl groups excluding tert-OH is 1. The van der Waals surface area contributed by atoms with Gasteiger partial charge in [-0.1, -0.05) is 36.4 Å². The Morgan fingerprint density at radius 2 is 1.95 bits per heavy atom. The van der Waals surface area contributed by atoms with Crippen molar-refractivity contribution in [2.45, 2.75) is 23.5 Å². The van der Waals surface area contributed by atoms with Crippen LogP contribution in [0.5, 0.6) is 0 Å². The summed E-state index contributed by atoms with van der Waals surface area (Å²) in [5, 5.41) is 13.5. The topological polar surface area (TPSA) is 32.3 Å². The highest BCUT2D eigenvalue weighted by Crippen LogP contribution is 2.35. The molecule has 0 amide bonds. The molecular formula is C17H18FNOS. The highest BCUT2D eigenvalue weighted by Gasteiger charge is 2.21. The Balaban J connectivity index is 1.67. The van der Waals surface area contributed by atoms with Crippen LogP contribution in [0.15, 0.2) is 53.4 Å². The highest BCUT2D eigenvalue weighted by atomic mass is 32.2. The zero-order chi connectivity index (χ0) is 14.7. The van der Waals surface area contributed by atoms with Crippen LogP contribution in [-0.4, -0.2) is 17.4 Å². The van der Waals surface area contributed by atoms with E-state index in [0.717, 1.165) is 12.2 Å². The molecule has 21 heavy (non-hydrogen) atoms. The van der Waals surface area contributed by atoms with Gasteiger partial charge in [-0.15, -0.1) is 11.8 Å². The number of rotatable bonds is 4. The van der Waals surface area contributed by atoms with Gasteiger partial charge in [0.2, 0.25) is 0 Å². The molecule has 4 heteroatoms. The maximum absolute atomic E-state index is 13.7. The first-order chi connectivity index (χ1) is 10.3. The third kappa shape index (κ3) is 3.28. The van der Waals surface area contributed by atoms with E-state index in [1.165, 1.54) is 16.5 Å². The maximum Gasteiger partial charge on any atom is 0.129 e. The van der Waals surface area contributed by atoms with Gasteiger partial charge in [0.15, 0.2) is 0 Å². The predicted octanol–water partition coefficient (Wildman–Crippen LogP) is 3.69. The predicted molar refractivity (Wildman–Crippen MR) is 83.9 cm³/mol. The summed E-state index contributed by atoms with van der Waals surface area (Å²) in [6, 6.07) is 14.9. The van der Waals surface area contributed by atoms with Crippen LogP contribution < -0.4 is 5.32 Å². The lowest BCUT2D eigenvalue weighted by molar-refractivity contribution is 0.164. The normalized spacial score (nSPS) is 19.0. The molecule has 0 saturated heterocycles. The van der Waals surface area contributed by atoms with Crippen LogP contribution in [0.4, 0.5) is 4.39 Å². The van der Waals surface area contributed by atoms with E-state index in [-0.39, 0.29) is 11.9 Å². The summed E-state index contributed by atoms with van der Waals surface area (Å²) >= 11 is 1.86. The lowest BCUT2D eigenvalue weighted by atomic mass is 10.0. The fourth-order valence-electron chi connectivity index (χ4n) is 2.66. The summed E-state index contributed by atoms with van der Waals surface area (Å²) < 4.78 is 13.7. The second-order valence-electron chi connectivity index (χ2n) is 5.17. The Bertz CT molecular complexity index is 619. The van der Waals surface area contributed by atoms with Gasteiger partial charge in [0.1, 0.15) is 5.82 Å². The summed E-state index contributed by atoms with van der Waals surface area (Å²) in [7, 11) is 0. The van der Waals surface area contributed by atoms with Crippen LogP contribution in [0.25, 0.3) is 0 Å². The molecule has 2 atom stereocenters. The maximum atomic E-state index is 13.7. The molecular weight excluding hydrogens is 285 g/mol. The van der Waals surface area contributed by atoms with Crippen molar-refractivity contribution in [3.63, 3.8) is 0 Å². The first-order valence-electron chi connectivity index (χ1n) is 7.13. The lowest BCUT2D eigenvalue weighted by Gasteiger charge is -2.27. The number of fused-ring (bicyclic) bond motifs is 1. The number of nitrogens with one attached hydrogen (secondary N) is 1. The second kappa shape index (κ2) is 6.60. The second-order valence-corrected chi connectivity index (χ2v) is 6.31. The van der Waals surface area contributed by atoms with Crippen molar-refractivity contribution in [3.05, 3.63) is 65.5 Å². The minimum atomic E-state index is -0.826. The van der Waals surface area contributed by atoms with Crippen molar-refractivity contribution in [1.82, 2.24) is 5.32 Å². The van der Waals surface area contributed by atoms with Crippen LogP contribution in [0.2, 0.25) is 0 Å². The molecule has 0 aromatic heterocycles. The van der Waals surface area contributed by atoms with Crippen molar-refractivity contribution >= 4 is 11.8 Å². The fourth-order valence-corrected chi connectivity index (χ4v) is 3.79. The number of benzene rings is 2. The van der Waals surface area contributed by atoms with E-state index in [0.29, 0.717) is 12.1 Å². The van der Waals surface area contributed by atoms with Gasteiger partial charge in [-0.3, -0.25) is 0 Å². The summed E-state index contributed by atoms with van der Waals surface area (Å²) in [5.41, 5.74) is 1.62. The Hall–Kier alpha value is -1.36. The van der Waals surface area contributed by atoms with Gasteiger partial charge in [-0.2, -0.15) is 0 Å². The first-order valence-corrected chi connectivity index (χ1v) is 8.12. The molecule has 2 aromatic rings. The monoisotopic (exact) mass is 303 g/mol. The first kappa shape index (κ1) is 14.6. The van der Waals surface area contributed by atoms with E-state index in [4.69, 9.17) is 0 Å². The lowest BCUT2D eigenvalue weighted by Crippen LogP contribution is -2.29. The zero-order valence-corrected chi connectivity index (χ0v) is 12.4. The summed E-state index contributed by atoms with van der Waals surface area (Å²) in [4.78, 5) is 1.29. The van der Waals surface area contributed by atoms with Crippen molar-refractivity contribution in [3.8, 4) is 0 Å². The standard InChI is InChI=1S/C17H18FNOS/c18-14-7-3-1-5-12(14)16(20)11-19-15-9-10-21-17-8-4-2-6-13(15)17/h1-8,15-16,19-20H,9-11H2. The van der Waals surface area contributed by atoms with Crippen LogP contribution >= 0.6 is 11.8 Å². The van der Waals surface area contributed by atoms with Gasteiger partial charge < -0.3 is 10.4 Å². The van der Waals surface area contributed by atoms with Crippen LogP contribution in [0.1, 0.15) is 29.7 Å². The fraction of sp³-hybridized carbons (Fsp3) is 0.294. The summed E-state index contributed by atoms with van der Waals surface area (Å²) in [5.74, 6) is 0.705. The SMILES string of the molecule is OC(CNC1CCSc2ccccc21)c1ccccc1F. The van der Waals surface area contributed by atoms with E-state index in [2.05, 4.69) is 17.4 Å². The Morgan fingerprint density at radius 3 is 2.81 bits per heavy atom. The molecule has 1 aliphatic rings. The molecule has 2 aromatic carbocycles. The van der Waals surface area contributed by atoms with Crippen molar-refractivity contribution in [2.24, 2.45) is 0 Å². The van der Waals surface area contributed by atoms with Gasteiger partial charge in [0, 0.05) is 23.0 Å². The molecule has 2 nitrogen and oxygen atoms in total. The van der Waals surface area contributed by atoms with Gasteiger partial charge in [-0.05, 0) is 29.9 Å². The molecule has 0 saturated carbocycles. The number of halogens is 1. The number of hydrogen-bond donors (Lipinski definition) is 2. The van der Waals surface area contributed by atoms with Crippen molar-refractivity contribution < 1.29 is 9.50 Å². The van der Waals surface area contributed by atoms with Crippen molar-refractivity contribution in [2.75, 3.05) is 12.3 Å². The third-order valence-corrected chi connectivity index (χ3v) is 4.90. The van der Waals surface area contributed by atoms with Crippen LogP contribution in [0, 0.1) is 5.82 Å². The zero-order valence-electron chi connectivity index (χ0n) is 11.6. The van der Waals surface area contributed by atoms with Crippen LogP contribution in [-0.2, 0) is 0 Å². The third-order valence-electron chi connectivity index (χ3n) is 3.78. The summed E-state index contributed by atoms with van der Waals surface area (Å²) in [6.45, 7) is 0.352. The Labute approximate surface area is 128 Å². The van der Waals surface area contributed by atoms with E-state index in [9.17, 15) is 9.50 Å². The van der Waals surface area contributed by atoms with Crippen LogP contribution in [0.3, 0.4) is 0 Å². The smallest absolute Gasteiger partial charge is 0.129 e. The van der Waals surface area contributed by atoms with Gasteiger partial charge in [-0.25, -0.2) is 4.39 Å². The quantitative estimate of drug-likeness (QED) is 0.903. The largest absolute Gasteiger partial charge is 0.387 e. The number of thioether (sulfide) groups is 1. The van der Waals surface area contributed by atoms with E-state index in [1.807, 2.05) is 23.9 Å². The molecule has 3 rings (SSSR count). The molecule has 1 heterocycles. The van der Waals surface area contributed by atoms with Gasteiger partial charge in [0.05, 0.1) is 6.10 Å². The average Bonchev–Trinajstić information content (AvgIpc) is 2.53. The van der Waals surface area contributed by atoms with Crippen molar-refractivity contribution in [1.29, 1.82) is 0 Å². The molecule has 2 N–H and O–H groups in total. The molecule has 2 unspecified atom stereocenters. The molecule has 1 aliphatic heterocycles. The van der Waals surface area contributed by atoms with E-state index < -0.39 is 6.10 Å². The Morgan fingerprint density at radius 1 is 1.19 bits per heavy atom.